The smallest absolute Gasteiger partial charge is 0.118 e. The van der Waals surface area contributed by atoms with E-state index in [-0.39, 0.29) is 13.2 Å². The van der Waals surface area contributed by atoms with E-state index in [1.54, 1.807) is 14.2 Å². The van der Waals surface area contributed by atoms with Gasteiger partial charge in [-0.15, -0.1) is 0 Å². The molecule has 0 spiro atoms. The predicted molar refractivity (Wildman–Crippen MR) is 102 cm³/mol. The van der Waals surface area contributed by atoms with Crippen LogP contribution >= 0.6 is 0 Å². The molecule has 0 bridgehead atoms. The molecule has 148 valence electrons. The Morgan fingerprint density at radius 1 is 0.815 bits per heavy atom. The Kier molecular flexibility index (Phi) is 9.07. The van der Waals surface area contributed by atoms with Crippen molar-refractivity contribution in [3.8, 4) is 11.5 Å². The maximum Gasteiger partial charge on any atom is 0.118 e. The van der Waals surface area contributed by atoms with Crippen LogP contribution in [0, 0.1) is 0 Å². The van der Waals surface area contributed by atoms with Crippen molar-refractivity contribution in [3.63, 3.8) is 0 Å². The molecule has 2 atom stereocenters. The van der Waals surface area contributed by atoms with Gasteiger partial charge in [-0.1, -0.05) is 24.3 Å². The van der Waals surface area contributed by atoms with Crippen molar-refractivity contribution < 1.29 is 29.2 Å². The first kappa shape index (κ1) is 21.2. The van der Waals surface area contributed by atoms with Crippen molar-refractivity contribution >= 4 is 0 Å². The SMILES string of the molecule is COc1ccc(COC[C@@H](O)[C@H](CCO)OCc2ccc(OC)cc2)cc1. The number of ether oxygens (including phenoxy) is 4. The molecule has 0 aliphatic heterocycles. The summed E-state index contributed by atoms with van der Waals surface area (Å²) in [5, 5.41) is 19.6. The summed E-state index contributed by atoms with van der Waals surface area (Å²) in [6.07, 6.45) is -0.995. The van der Waals surface area contributed by atoms with E-state index >= 15 is 0 Å². The fourth-order valence-corrected chi connectivity index (χ4v) is 2.57. The van der Waals surface area contributed by atoms with Gasteiger partial charge in [0.15, 0.2) is 0 Å². The summed E-state index contributed by atoms with van der Waals surface area (Å²) in [5.41, 5.74) is 1.95. The molecule has 0 aromatic heterocycles. The molecule has 27 heavy (non-hydrogen) atoms. The van der Waals surface area contributed by atoms with Gasteiger partial charge in [-0.05, 0) is 41.8 Å². The van der Waals surface area contributed by atoms with Crippen LogP contribution in [0.2, 0.25) is 0 Å². The summed E-state index contributed by atoms with van der Waals surface area (Å²) in [7, 11) is 3.24. The van der Waals surface area contributed by atoms with Crippen LogP contribution < -0.4 is 9.47 Å². The molecule has 0 aliphatic rings. The topological polar surface area (TPSA) is 77.4 Å². The van der Waals surface area contributed by atoms with Gasteiger partial charge < -0.3 is 29.2 Å². The Balaban J connectivity index is 1.79. The van der Waals surface area contributed by atoms with Crippen LogP contribution in [0.5, 0.6) is 11.5 Å². The van der Waals surface area contributed by atoms with Crippen molar-refractivity contribution in [2.75, 3.05) is 27.4 Å². The maximum absolute atomic E-state index is 10.4. The van der Waals surface area contributed by atoms with Gasteiger partial charge in [-0.3, -0.25) is 0 Å². The van der Waals surface area contributed by atoms with Gasteiger partial charge in [0.2, 0.25) is 0 Å². The van der Waals surface area contributed by atoms with Gasteiger partial charge in [0.1, 0.15) is 17.6 Å². The third kappa shape index (κ3) is 7.19. The Labute approximate surface area is 160 Å². The fourth-order valence-electron chi connectivity index (χ4n) is 2.57. The molecule has 0 heterocycles. The highest BCUT2D eigenvalue weighted by Gasteiger charge is 2.20. The second kappa shape index (κ2) is 11.6. The second-order valence-corrected chi connectivity index (χ2v) is 6.14. The molecule has 0 radical (unpaired) electrons. The zero-order valence-corrected chi connectivity index (χ0v) is 15.8. The van der Waals surface area contributed by atoms with E-state index in [0.29, 0.717) is 19.6 Å². The first-order valence-corrected chi connectivity index (χ1v) is 8.90. The molecule has 2 aromatic carbocycles. The van der Waals surface area contributed by atoms with Crippen molar-refractivity contribution in [1.29, 1.82) is 0 Å². The van der Waals surface area contributed by atoms with Crippen LogP contribution in [-0.2, 0) is 22.7 Å². The first-order valence-electron chi connectivity index (χ1n) is 8.90. The first-order chi connectivity index (χ1) is 13.2. The maximum atomic E-state index is 10.4. The molecular weight excluding hydrogens is 348 g/mol. The Bertz CT molecular complexity index is 641. The largest absolute Gasteiger partial charge is 0.497 e. The molecular formula is C21H28O6. The summed E-state index contributed by atoms with van der Waals surface area (Å²) in [6.45, 7) is 0.776. The highest BCUT2D eigenvalue weighted by Crippen LogP contribution is 2.15. The van der Waals surface area contributed by atoms with Crippen molar-refractivity contribution in [1.82, 2.24) is 0 Å². The van der Waals surface area contributed by atoms with Crippen LogP contribution in [0.1, 0.15) is 17.5 Å². The molecule has 6 heteroatoms. The van der Waals surface area contributed by atoms with Crippen LogP contribution in [0.4, 0.5) is 0 Å². The summed E-state index contributed by atoms with van der Waals surface area (Å²) >= 11 is 0. The monoisotopic (exact) mass is 376 g/mol. The van der Waals surface area contributed by atoms with E-state index in [1.807, 2.05) is 48.5 Å². The van der Waals surface area contributed by atoms with Crippen LogP contribution in [-0.4, -0.2) is 49.9 Å². The van der Waals surface area contributed by atoms with Gasteiger partial charge in [0.05, 0.1) is 40.1 Å². The third-order valence-electron chi connectivity index (χ3n) is 4.18. The number of aliphatic hydroxyl groups is 2. The molecule has 0 saturated carbocycles. The summed E-state index contributed by atoms with van der Waals surface area (Å²) in [6, 6.07) is 15.1. The second-order valence-electron chi connectivity index (χ2n) is 6.14. The van der Waals surface area contributed by atoms with Crippen LogP contribution in [0.25, 0.3) is 0 Å². The molecule has 0 amide bonds. The van der Waals surface area contributed by atoms with E-state index < -0.39 is 12.2 Å². The zero-order valence-electron chi connectivity index (χ0n) is 15.8. The lowest BCUT2D eigenvalue weighted by molar-refractivity contribution is -0.0876. The van der Waals surface area contributed by atoms with Crippen molar-refractivity contribution in [3.05, 3.63) is 59.7 Å². The number of methoxy groups -OCH3 is 2. The van der Waals surface area contributed by atoms with Crippen molar-refractivity contribution in [2.45, 2.75) is 31.8 Å². The Morgan fingerprint density at radius 3 is 1.81 bits per heavy atom. The average Bonchev–Trinajstić information content (AvgIpc) is 2.72. The minimum absolute atomic E-state index is 0.0666. The van der Waals surface area contributed by atoms with Crippen LogP contribution in [0.3, 0.4) is 0 Å². The van der Waals surface area contributed by atoms with Gasteiger partial charge in [0.25, 0.3) is 0 Å². The molecule has 0 saturated heterocycles. The summed E-state index contributed by atoms with van der Waals surface area (Å²) < 4.78 is 21.6. The molecule has 0 unspecified atom stereocenters. The van der Waals surface area contributed by atoms with E-state index in [4.69, 9.17) is 18.9 Å². The molecule has 2 rings (SSSR count). The quantitative estimate of drug-likeness (QED) is 0.593. The minimum atomic E-state index is -0.825. The van der Waals surface area contributed by atoms with Gasteiger partial charge in [-0.2, -0.15) is 0 Å². The predicted octanol–water partition coefficient (Wildman–Crippen LogP) is 2.55. The van der Waals surface area contributed by atoms with Gasteiger partial charge in [0, 0.05) is 6.61 Å². The normalized spacial score (nSPS) is 13.2. The standard InChI is InChI=1S/C21H28O6/c1-24-18-7-3-16(4-8-18)13-26-15-20(23)21(11-12-22)27-14-17-5-9-19(25-2)10-6-17/h3-10,20-23H,11-15H2,1-2H3/t20-,21+/m1/s1. The summed E-state index contributed by atoms with van der Waals surface area (Å²) in [5.74, 6) is 1.56. The zero-order chi connectivity index (χ0) is 19.5. The lowest BCUT2D eigenvalue weighted by atomic mass is 10.1. The van der Waals surface area contributed by atoms with Crippen LogP contribution in [0.15, 0.2) is 48.5 Å². The lowest BCUT2D eigenvalue weighted by Gasteiger charge is -2.23. The van der Waals surface area contributed by atoms with E-state index in [1.165, 1.54) is 0 Å². The number of benzene rings is 2. The highest BCUT2D eigenvalue weighted by atomic mass is 16.5. The number of hydrogen-bond acceptors (Lipinski definition) is 6. The Morgan fingerprint density at radius 2 is 1.33 bits per heavy atom. The number of rotatable bonds is 12. The molecule has 0 aliphatic carbocycles. The number of aliphatic hydroxyl groups excluding tert-OH is 2. The highest BCUT2D eigenvalue weighted by molar-refractivity contribution is 5.27. The van der Waals surface area contributed by atoms with E-state index in [9.17, 15) is 10.2 Å². The van der Waals surface area contributed by atoms with Gasteiger partial charge in [-0.25, -0.2) is 0 Å². The Hall–Kier alpha value is -2.12. The van der Waals surface area contributed by atoms with Crippen molar-refractivity contribution in [2.24, 2.45) is 0 Å². The molecule has 6 nitrogen and oxygen atoms in total. The summed E-state index contributed by atoms with van der Waals surface area (Å²) in [4.78, 5) is 0. The average molecular weight is 376 g/mol. The van der Waals surface area contributed by atoms with E-state index in [0.717, 1.165) is 22.6 Å². The van der Waals surface area contributed by atoms with Gasteiger partial charge >= 0.3 is 0 Å². The van der Waals surface area contributed by atoms with E-state index in [2.05, 4.69) is 0 Å². The molecule has 2 N–H and O–H groups in total. The molecule has 2 aromatic rings. The number of hydrogen-bond donors (Lipinski definition) is 2. The third-order valence-corrected chi connectivity index (χ3v) is 4.18. The molecule has 0 fully saturated rings. The minimum Gasteiger partial charge on any atom is -0.497 e. The lowest BCUT2D eigenvalue weighted by Crippen LogP contribution is -2.33. The fraction of sp³-hybridized carbons (Fsp3) is 0.429.